The molecular formula is C25H26N2O4. The van der Waals surface area contributed by atoms with Gasteiger partial charge >= 0.3 is 0 Å². The molecule has 0 radical (unpaired) electrons. The number of carbonyl (C=O) groups is 2. The van der Waals surface area contributed by atoms with Crippen LogP contribution >= 0.6 is 0 Å². The van der Waals surface area contributed by atoms with Crippen molar-refractivity contribution in [3.05, 3.63) is 84.4 Å². The molecule has 1 atom stereocenters. The molecule has 6 nitrogen and oxygen atoms in total. The van der Waals surface area contributed by atoms with Crippen LogP contribution in [0.25, 0.3) is 0 Å². The number of hydrogen-bond donors (Lipinski definition) is 2. The lowest BCUT2D eigenvalue weighted by atomic mass is 10.2. The summed E-state index contributed by atoms with van der Waals surface area (Å²) in [4.78, 5) is 24.7. The Balaban J connectivity index is 1.54. The minimum Gasteiger partial charge on any atom is -0.491 e. The van der Waals surface area contributed by atoms with E-state index in [0.717, 1.165) is 12.2 Å². The molecular weight excluding hydrogens is 392 g/mol. The number of amides is 2. The number of benzene rings is 3. The zero-order chi connectivity index (χ0) is 22.1. The van der Waals surface area contributed by atoms with E-state index in [-0.39, 0.29) is 24.5 Å². The largest absolute Gasteiger partial charge is 0.491 e. The SMILES string of the molecule is CCC(C)Oc1ccc(C(=O)Nc2cccc(NC(=O)COc3ccccc3)c2)cc1. The highest BCUT2D eigenvalue weighted by Crippen LogP contribution is 2.19. The number of hydrogen-bond acceptors (Lipinski definition) is 4. The molecule has 0 saturated heterocycles. The molecule has 0 aliphatic carbocycles. The van der Waals surface area contributed by atoms with Gasteiger partial charge in [-0.1, -0.05) is 31.2 Å². The van der Waals surface area contributed by atoms with Crippen LogP contribution in [0.4, 0.5) is 11.4 Å². The summed E-state index contributed by atoms with van der Waals surface area (Å²) in [5.41, 5.74) is 1.66. The summed E-state index contributed by atoms with van der Waals surface area (Å²) in [5.74, 6) is 0.822. The van der Waals surface area contributed by atoms with Gasteiger partial charge in [-0.15, -0.1) is 0 Å². The van der Waals surface area contributed by atoms with Crippen LogP contribution in [0.2, 0.25) is 0 Å². The predicted molar refractivity (Wildman–Crippen MR) is 122 cm³/mol. The molecule has 0 aliphatic heterocycles. The lowest BCUT2D eigenvalue weighted by Gasteiger charge is -2.13. The molecule has 0 saturated carbocycles. The van der Waals surface area contributed by atoms with Gasteiger partial charge in [0.2, 0.25) is 0 Å². The van der Waals surface area contributed by atoms with Crippen molar-refractivity contribution < 1.29 is 19.1 Å². The fraction of sp³-hybridized carbons (Fsp3) is 0.200. The molecule has 0 bridgehead atoms. The van der Waals surface area contributed by atoms with Crippen molar-refractivity contribution in [3.8, 4) is 11.5 Å². The van der Waals surface area contributed by atoms with Crippen molar-refractivity contribution in [1.29, 1.82) is 0 Å². The molecule has 3 rings (SSSR count). The first-order chi connectivity index (χ1) is 15.0. The van der Waals surface area contributed by atoms with Crippen molar-refractivity contribution in [3.63, 3.8) is 0 Å². The molecule has 3 aromatic rings. The molecule has 0 fully saturated rings. The summed E-state index contributed by atoms with van der Waals surface area (Å²) in [7, 11) is 0. The van der Waals surface area contributed by atoms with Gasteiger partial charge in [0.15, 0.2) is 6.61 Å². The standard InChI is InChI=1S/C25H26N2O4/c1-3-18(2)31-23-14-12-19(13-15-23)25(29)27-21-9-7-8-20(16-21)26-24(28)17-30-22-10-5-4-6-11-22/h4-16,18H,3,17H2,1-2H3,(H,26,28)(H,27,29). The highest BCUT2D eigenvalue weighted by Gasteiger charge is 2.09. The summed E-state index contributed by atoms with van der Waals surface area (Å²) in [6.45, 7) is 3.95. The van der Waals surface area contributed by atoms with E-state index in [2.05, 4.69) is 17.6 Å². The van der Waals surface area contributed by atoms with Crippen LogP contribution in [0.3, 0.4) is 0 Å². The van der Waals surface area contributed by atoms with Crippen molar-refractivity contribution in [2.24, 2.45) is 0 Å². The Morgan fingerprint density at radius 3 is 2.19 bits per heavy atom. The second kappa shape index (κ2) is 10.8. The van der Waals surface area contributed by atoms with Crippen LogP contribution in [0, 0.1) is 0 Å². The van der Waals surface area contributed by atoms with Crippen LogP contribution < -0.4 is 20.1 Å². The van der Waals surface area contributed by atoms with Gasteiger partial charge in [0.25, 0.3) is 11.8 Å². The second-order valence-electron chi connectivity index (χ2n) is 7.05. The average molecular weight is 418 g/mol. The van der Waals surface area contributed by atoms with E-state index in [9.17, 15) is 9.59 Å². The molecule has 0 heterocycles. The Kier molecular flexibility index (Phi) is 7.65. The third-order valence-electron chi connectivity index (χ3n) is 4.55. The number of ether oxygens (including phenoxy) is 2. The van der Waals surface area contributed by atoms with Gasteiger partial charge in [0.05, 0.1) is 6.10 Å². The van der Waals surface area contributed by atoms with Crippen LogP contribution in [0.1, 0.15) is 30.6 Å². The molecule has 2 amide bonds. The zero-order valence-electron chi connectivity index (χ0n) is 17.6. The van der Waals surface area contributed by atoms with Gasteiger partial charge in [-0.25, -0.2) is 0 Å². The van der Waals surface area contributed by atoms with Gasteiger partial charge in [0, 0.05) is 16.9 Å². The van der Waals surface area contributed by atoms with E-state index in [1.807, 2.05) is 25.1 Å². The zero-order valence-corrected chi connectivity index (χ0v) is 17.6. The van der Waals surface area contributed by atoms with Crippen molar-refractivity contribution in [2.75, 3.05) is 17.2 Å². The van der Waals surface area contributed by atoms with Crippen LogP contribution in [-0.2, 0) is 4.79 Å². The Morgan fingerprint density at radius 1 is 0.839 bits per heavy atom. The van der Waals surface area contributed by atoms with E-state index in [4.69, 9.17) is 9.47 Å². The molecule has 160 valence electrons. The monoisotopic (exact) mass is 418 g/mol. The maximum absolute atomic E-state index is 12.5. The van der Waals surface area contributed by atoms with Gasteiger partial charge in [-0.3, -0.25) is 9.59 Å². The second-order valence-corrected chi connectivity index (χ2v) is 7.05. The Morgan fingerprint density at radius 2 is 1.52 bits per heavy atom. The lowest BCUT2D eigenvalue weighted by Crippen LogP contribution is -2.20. The summed E-state index contributed by atoms with van der Waals surface area (Å²) in [6, 6.07) is 23.1. The Bertz CT molecular complexity index is 1000. The third kappa shape index (κ3) is 6.89. The van der Waals surface area contributed by atoms with Crippen molar-refractivity contribution in [1.82, 2.24) is 0 Å². The van der Waals surface area contributed by atoms with Crippen LogP contribution in [-0.4, -0.2) is 24.5 Å². The van der Waals surface area contributed by atoms with Crippen molar-refractivity contribution >= 4 is 23.2 Å². The average Bonchev–Trinajstić information content (AvgIpc) is 2.79. The molecule has 1 unspecified atom stereocenters. The normalized spacial score (nSPS) is 11.3. The number of para-hydroxylation sites is 1. The van der Waals surface area contributed by atoms with Crippen LogP contribution in [0.15, 0.2) is 78.9 Å². The molecule has 3 aromatic carbocycles. The molecule has 6 heteroatoms. The third-order valence-corrected chi connectivity index (χ3v) is 4.55. The maximum Gasteiger partial charge on any atom is 0.262 e. The first-order valence-electron chi connectivity index (χ1n) is 10.2. The topological polar surface area (TPSA) is 76.7 Å². The van der Waals surface area contributed by atoms with Gasteiger partial charge in [0.1, 0.15) is 11.5 Å². The van der Waals surface area contributed by atoms with E-state index in [1.54, 1.807) is 60.7 Å². The number of nitrogens with one attached hydrogen (secondary N) is 2. The maximum atomic E-state index is 12.5. The van der Waals surface area contributed by atoms with E-state index in [1.165, 1.54) is 0 Å². The van der Waals surface area contributed by atoms with E-state index < -0.39 is 0 Å². The van der Waals surface area contributed by atoms with Gasteiger partial charge in [-0.05, 0) is 67.9 Å². The molecule has 0 aliphatic rings. The first-order valence-corrected chi connectivity index (χ1v) is 10.2. The molecule has 31 heavy (non-hydrogen) atoms. The lowest BCUT2D eigenvalue weighted by molar-refractivity contribution is -0.118. The minimum atomic E-state index is -0.288. The first kappa shape index (κ1) is 21.9. The molecule has 0 aromatic heterocycles. The predicted octanol–water partition coefficient (Wildman–Crippen LogP) is 5.13. The fourth-order valence-corrected chi connectivity index (χ4v) is 2.74. The summed E-state index contributed by atoms with van der Waals surface area (Å²) < 4.78 is 11.2. The summed E-state index contributed by atoms with van der Waals surface area (Å²) in [6.07, 6.45) is 1.03. The fourth-order valence-electron chi connectivity index (χ4n) is 2.74. The number of rotatable bonds is 9. The Labute approximate surface area is 182 Å². The highest BCUT2D eigenvalue weighted by molar-refractivity contribution is 6.04. The van der Waals surface area contributed by atoms with Crippen molar-refractivity contribution in [2.45, 2.75) is 26.4 Å². The Hall–Kier alpha value is -3.80. The molecule has 2 N–H and O–H groups in total. The van der Waals surface area contributed by atoms with Gasteiger partial charge in [-0.2, -0.15) is 0 Å². The molecule has 0 spiro atoms. The highest BCUT2D eigenvalue weighted by atomic mass is 16.5. The summed E-state index contributed by atoms with van der Waals surface area (Å²) in [5, 5.41) is 5.60. The minimum absolute atomic E-state index is 0.105. The smallest absolute Gasteiger partial charge is 0.262 e. The van der Waals surface area contributed by atoms with E-state index >= 15 is 0 Å². The van der Waals surface area contributed by atoms with Gasteiger partial charge < -0.3 is 20.1 Å². The summed E-state index contributed by atoms with van der Waals surface area (Å²) >= 11 is 0. The van der Waals surface area contributed by atoms with E-state index in [0.29, 0.717) is 22.7 Å². The number of carbonyl (C=O) groups excluding carboxylic acids is 2. The quantitative estimate of drug-likeness (QED) is 0.505. The number of anilines is 2. The van der Waals surface area contributed by atoms with Crippen LogP contribution in [0.5, 0.6) is 11.5 Å².